The molecule has 0 amide bonds. The number of fused-ring (bicyclic) bond motifs is 4. The van der Waals surface area contributed by atoms with E-state index in [4.69, 9.17) is 23.3 Å². The Balaban J connectivity index is 0.000000143. The van der Waals surface area contributed by atoms with Crippen molar-refractivity contribution in [2.75, 3.05) is 40.5 Å². The Morgan fingerprint density at radius 2 is 1.06 bits per heavy atom. The number of imidazole rings is 2. The van der Waals surface area contributed by atoms with Crippen molar-refractivity contribution >= 4 is 44.3 Å². The van der Waals surface area contributed by atoms with Gasteiger partial charge >= 0.3 is 0 Å². The van der Waals surface area contributed by atoms with Crippen molar-refractivity contribution in [1.82, 2.24) is 34.0 Å². The lowest BCUT2D eigenvalue weighted by atomic mass is 10.1. The first-order valence-corrected chi connectivity index (χ1v) is 18.7. The van der Waals surface area contributed by atoms with Gasteiger partial charge in [-0.05, 0) is 100 Å². The highest BCUT2D eigenvalue weighted by Crippen LogP contribution is 2.34. The largest absolute Gasteiger partial charge is 0.436 e. The minimum absolute atomic E-state index is 0.0791. The molecule has 0 aliphatic carbocycles. The van der Waals surface area contributed by atoms with Crippen molar-refractivity contribution in [3.63, 3.8) is 0 Å². The Labute approximate surface area is 312 Å². The van der Waals surface area contributed by atoms with E-state index in [1.54, 1.807) is 0 Å². The number of aliphatic hydroxyl groups excluding tert-OH is 1. The third kappa shape index (κ3) is 6.66. The number of oxazole rings is 2. The molecule has 10 rings (SSSR count). The highest BCUT2D eigenvalue weighted by molar-refractivity contribution is 5.84. The lowest BCUT2D eigenvalue weighted by molar-refractivity contribution is 0.0687. The van der Waals surface area contributed by atoms with E-state index < -0.39 is 0 Å². The lowest BCUT2D eigenvalue weighted by Gasteiger charge is -2.26. The van der Waals surface area contributed by atoms with Gasteiger partial charge in [0.25, 0.3) is 0 Å². The zero-order valence-electron chi connectivity index (χ0n) is 30.5. The summed E-state index contributed by atoms with van der Waals surface area (Å²) >= 11 is 0. The summed E-state index contributed by atoms with van der Waals surface area (Å²) in [5.41, 5.74) is 9.16. The number of nitrogens with zero attached hydrogens (tertiary/aromatic N) is 7. The molecule has 0 radical (unpaired) electrons. The van der Waals surface area contributed by atoms with E-state index in [0.717, 1.165) is 114 Å². The molecule has 6 heterocycles. The predicted octanol–water partition coefficient (Wildman–Crippen LogP) is 7.95. The van der Waals surface area contributed by atoms with Gasteiger partial charge in [-0.1, -0.05) is 24.3 Å². The maximum Gasteiger partial charge on any atom is 0.227 e. The van der Waals surface area contributed by atoms with Crippen molar-refractivity contribution in [1.29, 1.82) is 0 Å². The monoisotopic (exact) mass is 725 g/mol. The minimum Gasteiger partial charge on any atom is -0.436 e. The van der Waals surface area contributed by atoms with Crippen LogP contribution in [-0.2, 0) is 22.6 Å². The second-order valence-electron chi connectivity index (χ2n) is 14.3. The van der Waals surface area contributed by atoms with E-state index in [9.17, 15) is 5.11 Å². The molecule has 0 unspecified atom stereocenters. The van der Waals surface area contributed by atoms with E-state index >= 15 is 0 Å². The van der Waals surface area contributed by atoms with Crippen molar-refractivity contribution in [3.8, 4) is 22.9 Å². The fourth-order valence-electron chi connectivity index (χ4n) is 7.76. The predicted molar refractivity (Wildman–Crippen MR) is 207 cm³/mol. The van der Waals surface area contributed by atoms with E-state index in [1.165, 1.54) is 5.52 Å². The molecule has 12 heteroatoms. The second kappa shape index (κ2) is 14.8. The van der Waals surface area contributed by atoms with Crippen LogP contribution in [0.1, 0.15) is 49.4 Å². The average molecular weight is 726 g/mol. The fraction of sp³-hybridized carbons (Fsp3) is 0.333. The smallest absolute Gasteiger partial charge is 0.227 e. The first kappa shape index (κ1) is 34.4. The van der Waals surface area contributed by atoms with Gasteiger partial charge in [0.1, 0.15) is 29.3 Å². The lowest BCUT2D eigenvalue weighted by Crippen LogP contribution is -2.23. The second-order valence-corrected chi connectivity index (χ2v) is 14.3. The Bertz CT molecular complexity index is 2490. The molecule has 2 saturated heterocycles. The van der Waals surface area contributed by atoms with Gasteiger partial charge in [0.2, 0.25) is 11.8 Å². The Hall–Kier alpha value is -5.40. The number of aromatic nitrogens is 6. The van der Waals surface area contributed by atoms with Crippen molar-refractivity contribution in [3.05, 3.63) is 96.6 Å². The highest BCUT2D eigenvalue weighted by atomic mass is 16.5. The van der Waals surface area contributed by atoms with E-state index in [-0.39, 0.29) is 6.61 Å². The van der Waals surface area contributed by atoms with E-state index in [1.807, 2.05) is 66.7 Å². The topological polar surface area (TPSA) is 130 Å². The third-order valence-electron chi connectivity index (χ3n) is 10.3. The molecule has 1 N–H and O–H groups in total. The summed E-state index contributed by atoms with van der Waals surface area (Å²) in [6.07, 6.45) is 3.92. The molecule has 54 heavy (non-hydrogen) atoms. The molecule has 0 atom stereocenters. The quantitative estimate of drug-likeness (QED) is 0.173. The molecule has 8 aromatic rings. The first-order valence-electron chi connectivity index (χ1n) is 18.7. The minimum atomic E-state index is -0.0791. The molecular weight excluding hydrogens is 683 g/mol. The molecule has 4 aromatic carbocycles. The van der Waals surface area contributed by atoms with Gasteiger partial charge in [0, 0.05) is 49.6 Å². The van der Waals surface area contributed by atoms with Crippen LogP contribution in [0.5, 0.6) is 0 Å². The number of ether oxygens (including phenoxy) is 2. The number of para-hydroxylation sites is 4. The Morgan fingerprint density at radius 1 is 0.593 bits per heavy atom. The number of rotatable bonds is 7. The van der Waals surface area contributed by atoms with Gasteiger partial charge in [-0.2, -0.15) is 0 Å². The number of aliphatic hydroxyl groups is 1. The first-order chi connectivity index (χ1) is 26.5. The summed E-state index contributed by atoms with van der Waals surface area (Å²) in [4.78, 5) is 21.0. The molecular formula is C42H43N7O5. The summed E-state index contributed by atoms with van der Waals surface area (Å²) < 4.78 is 27.4. The highest BCUT2D eigenvalue weighted by Gasteiger charge is 2.24. The maximum absolute atomic E-state index is 9.79. The number of hydrogen-bond acceptors (Lipinski definition) is 10. The zero-order chi connectivity index (χ0) is 36.6. The Morgan fingerprint density at radius 3 is 1.52 bits per heavy atom. The summed E-state index contributed by atoms with van der Waals surface area (Å²) in [7, 11) is 4.16. The van der Waals surface area contributed by atoms with Gasteiger partial charge in [0.05, 0.1) is 28.6 Å². The average Bonchev–Trinajstić information content (AvgIpc) is 4.00. The normalized spacial score (nSPS) is 15.9. The molecule has 2 fully saturated rings. The van der Waals surface area contributed by atoms with Crippen LogP contribution in [0.2, 0.25) is 0 Å². The summed E-state index contributed by atoms with van der Waals surface area (Å²) in [5.74, 6) is 3.01. The number of hydrogen-bond donors (Lipinski definition) is 1. The standard InChI is InChI=1S/C22H24N4O2.C20H19N3O3/c1-25(2)14-21-23-18-13-15(22-24-17-5-3-4-6-20(17)28-22)7-8-19(18)26(21)16-9-11-27-12-10-16;24-12-19-21-16-11-13(20-22-15-3-1-2-4-18(15)26-20)5-6-17(16)23(19)14-7-9-25-10-8-14/h3-8,13,16H,9-12,14H2,1-2H3;1-6,11,14,24H,7-10,12H2. The van der Waals surface area contributed by atoms with Gasteiger partial charge in [-0.25, -0.2) is 19.9 Å². The van der Waals surface area contributed by atoms with Crippen LogP contribution in [-0.4, -0.2) is 79.6 Å². The molecule has 4 aromatic heterocycles. The molecule has 276 valence electrons. The molecule has 0 spiro atoms. The van der Waals surface area contributed by atoms with Crippen LogP contribution in [0.3, 0.4) is 0 Å². The molecule has 12 nitrogen and oxygen atoms in total. The molecule has 0 saturated carbocycles. The summed E-state index contributed by atoms with van der Waals surface area (Å²) in [5, 5.41) is 9.79. The summed E-state index contributed by atoms with van der Waals surface area (Å²) in [6, 6.07) is 28.7. The zero-order valence-corrected chi connectivity index (χ0v) is 30.5. The Kier molecular flexibility index (Phi) is 9.41. The SMILES string of the molecule is CN(C)Cc1nc2cc(-c3nc4ccccc4o3)ccc2n1C1CCOCC1.OCc1nc2cc(-c3nc4ccccc4o3)ccc2n1C1CCOCC1. The van der Waals surface area contributed by atoms with Crippen LogP contribution in [0, 0.1) is 0 Å². The van der Waals surface area contributed by atoms with Gasteiger partial charge in [-0.15, -0.1) is 0 Å². The van der Waals surface area contributed by atoms with Crippen molar-refractivity contribution in [2.24, 2.45) is 0 Å². The third-order valence-corrected chi connectivity index (χ3v) is 10.3. The van der Waals surface area contributed by atoms with Crippen molar-refractivity contribution < 1.29 is 23.4 Å². The molecule has 0 bridgehead atoms. The van der Waals surface area contributed by atoms with Crippen LogP contribution in [0.4, 0.5) is 0 Å². The van der Waals surface area contributed by atoms with Crippen molar-refractivity contribution in [2.45, 2.75) is 50.9 Å². The van der Waals surface area contributed by atoms with Crippen LogP contribution in [0.25, 0.3) is 67.2 Å². The van der Waals surface area contributed by atoms with Crippen LogP contribution >= 0.6 is 0 Å². The van der Waals surface area contributed by atoms with Gasteiger partial charge < -0.3 is 37.4 Å². The number of benzene rings is 4. The van der Waals surface area contributed by atoms with E-state index in [2.05, 4.69) is 61.3 Å². The van der Waals surface area contributed by atoms with Gasteiger partial charge in [0.15, 0.2) is 11.2 Å². The van der Waals surface area contributed by atoms with Crippen LogP contribution in [0.15, 0.2) is 93.8 Å². The molecule has 2 aliphatic heterocycles. The summed E-state index contributed by atoms with van der Waals surface area (Å²) in [6.45, 7) is 3.85. The van der Waals surface area contributed by atoms with E-state index in [0.29, 0.717) is 29.7 Å². The van der Waals surface area contributed by atoms with Gasteiger partial charge in [-0.3, -0.25) is 0 Å². The fourth-order valence-corrected chi connectivity index (χ4v) is 7.76. The molecule has 2 aliphatic rings. The van der Waals surface area contributed by atoms with Crippen LogP contribution < -0.4 is 0 Å². The maximum atomic E-state index is 9.79.